The minimum atomic E-state index is -0.604. The average Bonchev–Trinajstić information content (AvgIpc) is 3.19. The predicted molar refractivity (Wildman–Crippen MR) is 111 cm³/mol. The molecule has 5 nitrogen and oxygen atoms in total. The Morgan fingerprint density at radius 3 is 2.48 bits per heavy atom. The van der Waals surface area contributed by atoms with Crippen LogP contribution in [0, 0.1) is 0 Å². The number of hydrogen-bond donors (Lipinski definition) is 3. The second-order valence-corrected chi connectivity index (χ2v) is 7.78. The molecule has 0 aliphatic rings. The van der Waals surface area contributed by atoms with Gasteiger partial charge in [-0.05, 0) is 41.3 Å². The van der Waals surface area contributed by atoms with E-state index in [4.69, 9.17) is 5.73 Å². The Morgan fingerprint density at radius 2 is 1.78 bits per heavy atom. The Morgan fingerprint density at radius 1 is 1.00 bits per heavy atom. The lowest BCUT2D eigenvalue weighted by Crippen LogP contribution is -2.23. The molecule has 0 fully saturated rings. The molecule has 3 rings (SSSR count). The summed E-state index contributed by atoms with van der Waals surface area (Å²) in [5.41, 5.74) is 7.31. The first kappa shape index (κ1) is 19.0. The molecule has 1 aromatic heterocycles. The van der Waals surface area contributed by atoms with Gasteiger partial charge in [0.2, 0.25) is 0 Å². The number of amides is 3. The number of carbonyl (C=O) groups is 2. The van der Waals surface area contributed by atoms with Crippen LogP contribution in [-0.2, 0) is 12.3 Å². The lowest BCUT2D eigenvalue weighted by molar-refractivity contribution is 0.0948. The number of rotatable bonds is 7. The van der Waals surface area contributed by atoms with Crippen LogP contribution >= 0.6 is 23.1 Å². The molecule has 0 saturated carbocycles. The summed E-state index contributed by atoms with van der Waals surface area (Å²) in [7, 11) is 0. The highest BCUT2D eigenvalue weighted by atomic mass is 32.2. The van der Waals surface area contributed by atoms with Gasteiger partial charge in [0.05, 0.1) is 5.56 Å². The van der Waals surface area contributed by atoms with Gasteiger partial charge in [0.15, 0.2) is 0 Å². The molecule has 2 aromatic carbocycles. The number of anilines is 1. The number of thioether (sulfide) groups is 1. The summed E-state index contributed by atoms with van der Waals surface area (Å²) in [4.78, 5) is 25.7. The molecule has 0 radical (unpaired) electrons. The standard InChI is InChI=1S/C20H19N3O2S2/c21-20(25)23-15-9-7-14(8-10-15)12-22-19(24)17-5-1-2-6-18(17)27-13-16-4-3-11-26-16/h1-11H,12-13H2,(H,22,24)(H3,21,23,25). The summed E-state index contributed by atoms with van der Waals surface area (Å²) in [6.45, 7) is 0.402. The van der Waals surface area contributed by atoms with Crippen molar-refractivity contribution in [2.24, 2.45) is 5.73 Å². The van der Waals surface area contributed by atoms with Gasteiger partial charge in [-0.25, -0.2) is 4.79 Å². The third-order valence-electron chi connectivity index (χ3n) is 3.76. The van der Waals surface area contributed by atoms with E-state index in [-0.39, 0.29) is 5.91 Å². The fourth-order valence-electron chi connectivity index (χ4n) is 2.45. The van der Waals surface area contributed by atoms with Crippen molar-refractivity contribution in [3.8, 4) is 0 Å². The van der Waals surface area contributed by atoms with Crippen molar-refractivity contribution in [3.63, 3.8) is 0 Å². The summed E-state index contributed by atoms with van der Waals surface area (Å²) >= 11 is 3.37. The van der Waals surface area contributed by atoms with Gasteiger partial charge < -0.3 is 16.4 Å². The van der Waals surface area contributed by atoms with Gasteiger partial charge in [-0.15, -0.1) is 23.1 Å². The highest BCUT2D eigenvalue weighted by Crippen LogP contribution is 2.28. The van der Waals surface area contributed by atoms with Gasteiger partial charge in [0.1, 0.15) is 0 Å². The normalized spacial score (nSPS) is 10.4. The fourth-order valence-corrected chi connectivity index (χ4v) is 4.27. The van der Waals surface area contributed by atoms with Crippen LogP contribution in [-0.4, -0.2) is 11.9 Å². The monoisotopic (exact) mass is 397 g/mol. The van der Waals surface area contributed by atoms with Crippen molar-refractivity contribution in [2.45, 2.75) is 17.2 Å². The van der Waals surface area contributed by atoms with Gasteiger partial charge in [0.25, 0.3) is 5.91 Å². The van der Waals surface area contributed by atoms with Gasteiger partial charge in [-0.3, -0.25) is 4.79 Å². The molecule has 7 heteroatoms. The van der Waals surface area contributed by atoms with E-state index in [2.05, 4.69) is 22.1 Å². The number of primary amides is 1. The van der Waals surface area contributed by atoms with Crippen molar-refractivity contribution >= 4 is 40.7 Å². The molecule has 0 unspecified atom stereocenters. The molecular weight excluding hydrogens is 378 g/mol. The van der Waals surface area contributed by atoms with E-state index in [1.807, 2.05) is 42.5 Å². The SMILES string of the molecule is NC(=O)Nc1ccc(CNC(=O)c2ccccc2SCc2cccs2)cc1. The van der Waals surface area contributed by atoms with Crippen LogP contribution in [0.4, 0.5) is 10.5 Å². The summed E-state index contributed by atoms with van der Waals surface area (Å²) in [6, 6.07) is 18.3. The van der Waals surface area contributed by atoms with Crippen molar-refractivity contribution in [1.82, 2.24) is 5.32 Å². The van der Waals surface area contributed by atoms with E-state index in [0.29, 0.717) is 17.8 Å². The molecule has 0 spiro atoms. The van der Waals surface area contributed by atoms with Crippen LogP contribution in [0.15, 0.2) is 70.9 Å². The van der Waals surface area contributed by atoms with Crippen molar-refractivity contribution in [2.75, 3.05) is 5.32 Å². The molecule has 3 aromatic rings. The Labute approximate surface area is 166 Å². The molecular formula is C20H19N3O2S2. The number of nitrogens with one attached hydrogen (secondary N) is 2. The van der Waals surface area contributed by atoms with E-state index in [1.165, 1.54) is 4.88 Å². The van der Waals surface area contributed by atoms with E-state index in [0.717, 1.165) is 16.2 Å². The van der Waals surface area contributed by atoms with Crippen molar-refractivity contribution in [1.29, 1.82) is 0 Å². The molecule has 0 atom stereocenters. The van der Waals surface area contributed by atoms with E-state index >= 15 is 0 Å². The maximum Gasteiger partial charge on any atom is 0.316 e. The van der Waals surface area contributed by atoms with E-state index in [1.54, 1.807) is 35.2 Å². The third-order valence-corrected chi connectivity index (χ3v) is 5.94. The molecule has 138 valence electrons. The first-order valence-corrected chi connectivity index (χ1v) is 10.2. The predicted octanol–water partition coefficient (Wildman–Crippen LogP) is 4.46. The second kappa shape index (κ2) is 9.25. The molecule has 0 aliphatic carbocycles. The number of thiophene rings is 1. The fraction of sp³-hybridized carbons (Fsp3) is 0.100. The molecule has 27 heavy (non-hydrogen) atoms. The summed E-state index contributed by atoms with van der Waals surface area (Å²) < 4.78 is 0. The minimum absolute atomic E-state index is 0.108. The van der Waals surface area contributed by atoms with E-state index < -0.39 is 6.03 Å². The zero-order valence-corrected chi connectivity index (χ0v) is 16.1. The molecule has 1 heterocycles. The number of urea groups is 1. The molecule has 4 N–H and O–H groups in total. The van der Waals surface area contributed by atoms with Crippen LogP contribution in [0.3, 0.4) is 0 Å². The van der Waals surface area contributed by atoms with Crippen molar-refractivity contribution < 1.29 is 9.59 Å². The zero-order valence-electron chi connectivity index (χ0n) is 14.5. The highest BCUT2D eigenvalue weighted by molar-refractivity contribution is 7.98. The zero-order chi connectivity index (χ0) is 19.1. The third kappa shape index (κ3) is 5.60. The number of carbonyl (C=O) groups excluding carboxylic acids is 2. The maximum atomic E-state index is 12.6. The number of hydrogen-bond acceptors (Lipinski definition) is 4. The Balaban J connectivity index is 1.60. The minimum Gasteiger partial charge on any atom is -0.351 e. The molecule has 0 bridgehead atoms. The maximum absolute atomic E-state index is 12.6. The van der Waals surface area contributed by atoms with Gasteiger partial charge in [-0.1, -0.05) is 30.3 Å². The van der Waals surface area contributed by atoms with Gasteiger partial charge >= 0.3 is 6.03 Å². The highest BCUT2D eigenvalue weighted by Gasteiger charge is 2.11. The number of benzene rings is 2. The van der Waals surface area contributed by atoms with Gasteiger partial charge in [-0.2, -0.15) is 0 Å². The molecule has 0 aliphatic heterocycles. The average molecular weight is 398 g/mol. The first-order valence-electron chi connectivity index (χ1n) is 8.29. The smallest absolute Gasteiger partial charge is 0.316 e. The second-order valence-electron chi connectivity index (χ2n) is 5.73. The molecule has 3 amide bonds. The topological polar surface area (TPSA) is 84.2 Å². The lowest BCUT2D eigenvalue weighted by atomic mass is 10.2. The first-order chi connectivity index (χ1) is 13.1. The van der Waals surface area contributed by atoms with Crippen molar-refractivity contribution in [3.05, 3.63) is 82.0 Å². The summed E-state index contributed by atoms with van der Waals surface area (Å²) in [5, 5.41) is 7.51. The summed E-state index contributed by atoms with van der Waals surface area (Å²) in [6.07, 6.45) is 0. The summed E-state index contributed by atoms with van der Waals surface area (Å²) in [5.74, 6) is 0.736. The van der Waals surface area contributed by atoms with Crippen LogP contribution < -0.4 is 16.4 Å². The van der Waals surface area contributed by atoms with Crippen LogP contribution in [0.2, 0.25) is 0 Å². The van der Waals surface area contributed by atoms with Crippen LogP contribution in [0.1, 0.15) is 20.8 Å². The Hall–Kier alpha value is -2.77. The molecule has 0 saturated heterocycles. The number of nitrogens with two attached hydrogens (primary N) is 1. The van der Waals surface area contributed by atoms with E-state index in [9.17, 15) is 9.59 Å². The Kier molecular flexibility index (Phi) is 6.51. The Bertz CT molecular complexity index is 909. The quantitative estimate of drug-likeness (QED) is 0.515. The van der Waals surface area contributed by atoms with Crippen LogP contribution in [0.5, 0.6) is 0 Å². The van der Waals surface area contributed by atoms with Gasteiger partial charge in [0, 0.05) is 27.8 Å². The lowest BCUT2D eigenvalue weighted by Gasteiger charge is -2.10. The largest absolute Gasteiger partial charge is 0.351 e. The van der Waals surface area contributed by atoms with Crippen LogP contribution in [0.25, 0.3) is 0 Å².